The lowest BCUT2D eigenvalue weighted by Crippen LogP contribution is -2.12. The fourth-order valence-electron chi connectivity index (χ4n) is 2.83. The van der Waals surface area contributed by atoms with Crippen molar-refractivity contribution in [3.63, 3.8) is 0 Å². The Hall–Kier alpha value is -3.37. The zero-order valence-corrected chi connectivity index (χ0v) is 16.6. The Morgan fingerprint density at radius 1 is 1.11 bits per heavy atom. The molecule has 142 valence electrons. The number of fused-ring (bicyclic) bond motifs is 1. The summed E-state index contributed by atoms with van der Waals surface area (Å²) >= 11 is 0. The van der Waals surface area contributed by atoms with Crippen LogP contribution in [0.4, 0.5) is 0 Å². The predicted molar refractivity (Wildman–Crippen MR) is 107 cm³/mol. The van der Waals surface area contributed by atoms with Gasteiger partial charge in [-0.2, -0.15) is 5.26 Å². The van der Waals surface area contributed by atoms with Crippen LogP contribution in [0.5, 0.6) is 0 Å². The summed E-state index contributed by atoms with van der Waals surface area (Å²) in [4.78, 5) is 14.4. The molecule has 0 N–H and O–H groups in total. The lowest BCUT2D eigenvalue weighted by atomic mass is 10.0. The van der Waals surface area contributed by atoms with E-state index in [2.05, 4.69) is 0 Å². The molecule has 0 saturated carbocycles. The number of ketones is 1. The smallest absolute Gasteiger partial charge is 0.268 e. The fraction of sp³-hybridized carbons (Fsp3) is 0.143. The molecule has 0 radical (unpaired) electrons. The largest absolute Gasteiger partial charge is 0.382 e. The molecule has 7 heteroatoms. The SMILES string of the molecule is Cc1ccc(S(=O)(=O)n2ccc3ccc(C(=O)/C(C#N)=C\N(C)C)cc32)cc1. The molecule has 3 rings (SSSR count). The minimum absolute atomic E-state index is 0.0242. The molecule has 0 fully saturated rings. The highest BCUT2D eigenvalue weighted by Gasteiger charge is 2.20. The fourth-order valence-corrected chi connectivity index (χ4v) is 4.18. The number of rotatable bonds is 5. The Morgan fingerprint density at radius 2 is 1.79 bits per heavy atom. The monoisotopic (exact) mass is 393 g/mol. The summed E-state index contributed by atoms with van der Waals surface area (Å²) < 4.78 is 27.2. The van der Waals surface area contributed by atoms with E-state index in [0.717, 1.165) is 9.54 Å². The van der Waals surface area contributed by atoms with Crippen molar-refractivity contribution in [2.45, 2.75) is 11.8 Å². The first-order valence-corrected chi connectivity index (χ1v) is 9.94. The molecule has 0 spiro atoms. The van der Waals surface area contributed by atoms with Gasteiger partial charge in [0.1, 0.15) is 11.6 Å². The molecule has 6 nitrogen and oxygen atoms in total. The van der Waals surface area contributed by atoms with Crippen molar-refractivity contribution in [1.29, 1.82) is 5.26 Å². The number of nitrogens with zero attached hydrogens (tertiary/aromatic N) is 3. The van der Waals surface area contributed by atoms with Crippen LogP contribution in [-0.2, 0) is 10.0 Å². The van der Waals surface area contributed by atoms with E-state index in [-0.39, 0.29) is 16.0 Å². The second kappa shape index (κ2) is 7.33. The Balaban J connectivity index is 2.12. The van der Waals surface area contributed by atoms with Crippen LogP contribution < -0.4 is 0 Å². The number of hydrogen-bond donors (Lipinski definition) is 0. The third-order valence-corrected chi connectivity index (χ3v) is 5.95. The summed E-state index contributed by atoms with van der Waals surface area (Å²) in [6.45, 7) is 1.88. The maximum atomic E-state index is 13.0. The van der Waals surface area contributed by atoms with Crippen molar-refractivity contribution in [3.8, 4) is 6.07 Å². The van der Waals surface area contributed by atoms with Gasteiger partial charge in [0.15, 0.2) is 0 Å². The van der Waals surface area contributed by atoms with Gasteiger partial charge in [0.05, 0.1) is 10.4 Å². The van der Waals surface area contributed by atoms with Gasteiger partial charge in [-0.3, -0.25) is 4.79 Å². The first kappa shape index (κ1) is 19.4. The van der Waals surface area contributed by atoms with E-state index in [4.69, 9.17) is 0 Å². The second-order valence-corrected chi connectivity index (χ2v) is 8.47. The first-order chi connectivity index (χ1) is 13.2. The van der Waals surface area contributed by atoms with Crippen molar-refractivity contribution in [2.24, 2.45) is 0 Å². The number of carbonyl (C=O) groups is 1. The Labute approximate surface area is 164 Å². The molecule has 1 heterocycles. The Bertz CT molecular complexity index is 1230. The van der Waals surface area contributed by atoms with Gasteiger partial charge in [-0.05, 0) is 31.2 Å². The van der Waals surface area contributed by atoms with Gasteiger partial charge < -0.3 is 4.90 Å². The minimum atomic E-state index is -3.81. The van der Waals surface area contributed by atoms with Crippen molar-refractivity contribution >= 4 is 26.7 Å². The van der Waals surface area contributed by atoms with Crippen LogP contribution in [-0.4, -0.2) is 37.2 Å². The van der Waals surface area contributed by atoms with Gasteiger partial charge >= 0.3 is 0 Å². The summed E-state index contributed by atoms with van der Waals surface area (Å²) in [5, 5.41) is 9.95. The van der Waals surface area contributed by atoms with Gasteiger partial charge in [0.2, 0.25) is 5.78 Å². The third kappa shape index (κ3) is 3.55. The molecule has 0 aliphatic heterocycles. The third-order valence-electron chi connectivity index (χ3n) is 4.25. The van der Waals surface area contributed by atoms with Gasteiger partial charge in [-0.1, -0.05) is 29.8 Å². The van der Waals surface area contributed by atoms with E-state index in [1.807, 2.05) is 13.0 Å². The molecule has 0 amide bonds. The number of carbonyl (C=O) groups excluding carboxylic acids is 1. The highest BCUT2D eigenvalue weighted by Crippen LogP contribution is 2.24. The first-order valence-electron chi connectivity index (χ1n) is 8.50. The van der Waals surface area contributed by atoms with E-state index in [9.17, 15) is 18.5 Å². The van der Waals surface area contributed by atoms with Gasteiger partial charge in [-0.25, -0.2) is 12.4 Å². The molecule has 0 atom stereocenters. The number of benzene rings is 2. The minimum Gasteiger partial charge on any atom is -0.382 e. The van der Waals surface area contributed by atoms with E-state index >= 15 is 0 Å². The summed E-state index contributed by atoms with van der Waals surface area (Å²) in [5.74, 6) is -0.460. The number of allylic oxidation sites excluding steroid dienone is 1. The van der Waals surface area contributed by atoms with Crippen molar-refractivity contribution in [1.82, 2.24) is 8.87 Å². The normalized spacial score (nSPS) is 12.0. The summed E-state index contributed by atoms with van der Waals surface area (Å²) in [7, 11) is -0.378. The summed E-state index contributed by atoms with van der Waals surface area (Å²) in [6, 6.07) is 14.9. The molecular formula is C21H19N3O3S. The molecule has 2 aromatic carbocycles. The van der Waals surface area contributed by atoms with Crippen LogP contribution in [0.2, 0.25) is 0 Å². The van der Waals surface area contributed by atoms with Crippen LogP contribution >= 0.6 is 0 Å². The van der Waals surface area contributed by atoms with Crippen molar-refractivity contribution in [3.05, 3.63) is 77.6 Å². The van der Waals surface area contributed by atoms with Crippen molar-refractivity contribution in [2.75, 3.05) is 14.1 Å². The molecule has 0 unspecified atom stereocenters. The second-order valence-electron chi connectivity index (χ2n) is 6.65. The lowest BCUT2D eigenvalue weighted by molar-refractivity contribution is 0.103. The quantitative estimate of drug-likeness (QED) is 0.377. The maximum absolute atomic E-state index is 13.0. The van der Waals surface area contributed by atoms with Crippen LogP contribution in [0.25, 0.3) is 10.9 Å². The molecule has 0 aliphatic rings. The predicted octanol–water partition coefficient (Wildman–Crippen LogP) is 3.34. The van der Waals surface area contributed by atoms with Gasteiger partial charge in [-0.15, -0.1) is 0 Å². The Kier molecular flexibility index (Phi) is 5.08. The number of aromatic nitrogens is 1. The molecule has 1 aromatic heterocycles. The number of nitriles is 1. The lowest BCUT2D eigenvalue weighted by Gasteiger charge is -2.09. The summed E-state index contributed by atoms with van der Waals surface area (Å²) in [6.07, 6.45) is 2.91. The standard InChI is InChI=1S/C21H19N3O3S/c1-15-4-8-19(9-5-15)28(26,27)24-11-10-16-6-7-17(12-20(16)24)21(25)18(13-22)14-23(2)3/h4-12,14H,1-3H3/b18-14-. The molecule has 0 aliphatic carbocycles. The van der Waals surface area contributed by atoms with E-state index in [1.54, 1.807) is 61.5 Å². The van der Waals surface area contributed by atoms with E-state index < -0.39 is 15.8 Å². The molecular weight excluding hydrogens is 374 g/mol. The van der Waals surface area contributed by atoms with Gasteiger partial charge in [0, 0.05) is 37.4 Å². The Morgan fingerprint density at radius 3 is 2.39 bits per heavy atom. The van der Waals surface area contributed by atoms with Crippen LogP contribution in [0.15, 0.2) is 71.4 Å². The van der Waals surface area contributed by atoms with Crippen LogP contribution in [0.3, 0.4) is 0 Å². The number of hydrogen-bond acceptors (Lipinski definition) is 5. The van der Waals surface area contributed by atoms with Crippen molar-refractivity contribution < 1.29 is 13.2 Å². The number of Topliss-reactive ketones (excluding diaryl/α,β-unsaturated/α-hetero) is 1. The molecule has 0 bridgehead atoms. The zero-order valence-electron chi connectivity index (χ0n) is 15.7. The zero-order chi connectivity index (χ0) is 20.5. The van der Waals surface area contributed by atoms with E-state index in [0.29, 0.717) is 10.9 Å². The highest BCUT2D eigenvalue weighted by atomic mass is 32.2. The molecule has 28 heavy (non-hydrogen) atoms. The maximum Gasteiger partial charge on any atom is 0.268 e. The highest BCUT2D eigenvalue weighted by molar-refractivity contribution is 7.90. The average molecular weight is 393 g/mol. The van der Waals surface area contributed by atoms with E-state index in [1.165, 1.54) is 18.5 Å². The van der Waals surface area contributed by atoms with Crippen LogP contribution in [0.1, 0.15) is 15.9 Å². The summed E-state index contributed by atoms with van der Waals surface area (Å²) in [5.41, 5.74) is 1.57. The number of aryl methyl sites for hydroxylation is 1. The topological polar surface area (TPSA) is 83.2 Å². The molecule has 3 aromatic rings. The van der Waals surface area contributed by atoms with Gasteiger partial charge in [0.25, 0.3) is 10.0 Å². The molecule has 0 saturated heterocycles. The van der Waals surface area contributed by atoms with Crippen LogP contribution in [0, 0.1) is 18.3 Å². The average Bonchev–Trinajstić information content (AvgIpc) is 3.09.